The zero-order valence-electron chi connectivity index (χ0n) is 15.4. The lowest BCUT2D eigenvalue weighted by molar-refractivity contribution is -0.120. The molecule has 9 heteroatoms. The first kappa shape index (κ1) is 20.1. The molecule has 6 N–H and O–H groups in total. The number of rotatable bonds is 6. The van der Waals surface area contributed by atoms with Crippen LogP contribution in [0.1, 0.15) is 28.4 Å². The Morgan fingerprint density at radius 1 is 1.24 bits per heavy atom. The average molecular weight is 396 g/mol. The van der Waals surface area contributed by atoms with Gasteiger partial charge in [-0.3, -0.25) is 4.79 Å². The van der Waals surface area contributed by atoms with E-state index in [0.29, 0.717) is 12.2 Å². The number of hydrogen-bond acceptors (Lipinski definition) is 7. The van der Waals surface area contributed by atoms with E-state index in [0.717, 1.165) is 10.6 Å². The standard InChI is InChI=1S/C20H20N4O5/c21-15(19(26)24(22)16-7-2-1-6-14(16)20(27)28)10-18-23-11-17(29-18)12-4-3-5-13(25)9-8-12/h1-2,4-9,11,15,25H,3,10,21-22H2,(H,27,28). The van der Waals surface area contributed by atoms with Crippen LogP contribution in [0.15, 0.2) is 64.9 Å². The number of hydrogen-bond donors (Lipinski definition) is 4. The number of aliphatic hydroxyl groups is 1. The van der Waals surface area contributed by atoms with Gasteiger partial charge in [0, 0.05) is 12.0 Å². The molecule has 1 aromatic carbocycles. The molecule has 1 aliphatic carbocycles. The Balaban J connectivity index is 1.71. The second-order valence-electron chi connectivity index (χ2n) is 6.32. The van der Waals surface area contributed by atoms with Crippen molar-refractivity contribution >= 4 is 23.1 Å². The van der Waals surface area contributed by atoms with Crippen LogP contribution in [0.5, 0.6) is 0 Å². The first-order valence-corrected chi connectivity index (χ1v) is 8.76. The number of benzene rings is 1. The maximum atomic E-state index is 12.6. The van der Waals surface area contributed by atoms with Crippen molar-refractivity contribution in [2.24, 2.45) is 11.6 Å². The molecule has 0 fully saturated rings. The van der Waals surface area contributed by atoms with E-state index in [1.807, 2.05) is 6.08 Å². The lowest BCUT2D eigenvalue weighted by Crippen LogP contribution is -2.49. The van der Waals surface area contributed by atoms with Crippen LogP contribution in [0.4, 0.5) is 5.69 Å². The van der Waals surface area contributed by atoms with Crippen molar-refractivity contribution in [3.05, 3.63) is 77.7 Å². The number of hydrazine groups is 1. The molecule has 0 bridgehead atoms. The van der Waals surface area contributed by atoms with Gasteiger partial charge in [0.1, 0.15) is 5.76 Å². The zero-order chi connectivity index (χ0) is 21.0. The smallest absolute Gasteiger partial charge is 0.337 e. The number of aromatic carboxylic acids is 1. The molecular formula is C20H20N4O5. The number of amides is 1. The fourth-order valence-electron chi connectivity index (χ4n) is 2.78. The summed E-state index contributed by atoms with van der Waals surface area (Å²) < 4.78 is 5.66. The van der Waals surface area contributed by atoms with Crippen LogP contribution in [0.2, 0.25) is 0 Å². The molecule has 0 saturated carbocycles. The minimum atomic E-state index is -1.21. The zero-order valence-corrected chi connectivity index (χ0v) is 15.4. The number of nitrogens with zero attached hydrogens (tertiary/aromatic N) is 2. The third kappa shape index (κ3) is 4.60. The van der Waals surface area contributed by atoms with Crippen LogP contribution >= 0.6 is 0 Å². The van der Waals surface area contributed by atoms with Crippen LogP contribution in [-0.2, 0) is 11.2 Å². The second-order valence-corrected chi connectivity index (χ2v) is 6.32. The van der Waals surface area contributed by atoms with Gasteiger partial charge in [0.2, 0.25) is 0 Å². The predicted molar refractivity (Wildman–Crippen MR) is 106 cm³/mol. The maximum Gasteiger partial charge on any atom is 0.337 e. The monoisotopic (exact) mass is 396 g/mol. The molecule has 3 rings (SSSR count). The number of aliphatic hydroxyl groups excluding tert-OH is 1. The Morgan fingerprint density at radius 3 is 2.76 bits per heavy atom. The van der Waals surface area contributed by atoms with Gasteiger partial charge in [-0.1, -0.05) is 18.2 Å². The largest absolute Gasteiger partial charge is 0.508 e. The molecule has 1 unspecified atom stereocenters. The van der Waals surface area contributed by atoms with Crippen molar-refractivity contribution < 1.29 is 24.2 Å². The predicted octanol–water partition coefficient (Wildman–Crippen LogP) is 1.93. The van der Waals surface area contributed by atoms with Crippen LogP contribution in [-0.4, -0.2) is 33.1 Å². The Bertz CT molecular complexity index is 1020. The van der Waals surface area contributed by atoms with E-state index < -0.39 is 17.9 Å². The summed E-state index contributed by atoms with van der Waals surface area (Å²) in [5, 5.41) is 19.5. The van der Waals surface area contributed by atoms with Crippen molar-refractivity contribution in [1.29, 1.82) is 0 Å². The number of anilines is 1. The van der Waals surface area contributed by atoms with Gasteiger partial charge in [0.15, 0.2) is 11.7 Å². The topological polar surface area (TPSA) is 156 Å². The summed E-state index contributed by atoms with van der Waals surface area (Å²) in [5.74, 6) is 4.80. The molecular weight excluding hydrogens is 376 g/mol. The van der Waals surface area contributed by atoms with Crippen molar-refractivity contribution in [3.63, 3.8) is 0 Å². The number of carbonyl (C=O) groups excluding carboxylic acids is 1. The van der Waals surface area contributed by atoms with Crippen molar-refractivity contribution in [1.82, 2.24) is 4.98 Å². The first-order chi connectivity index (χ1) is 13.9. The van der Waals surface area contributed by atoms with Gasteiger partial charge in [0.25, 0.3) is 5.91 Å². The van der Waals surface area contributed by atoms with Crippen LogP contribution in [0.3, 0.4) is 0 Å². The Morgan fingerprint density at radius 2 is 2.00 bits per heavy atom. The Hall–Kier alpha value is -3.69. The van der Waals surface area contributed by atoms with Crippen molar-refractivity contribution in [2.45, 2.75) is 18.9 Å². The van der Waals surface area contributed by atoms with Crippen LogP contribution in [0.25, 0.3) is 5.57 Å². The molecule has 150 valence electrons. The summed E-state index contributed by atoms with van der Waals surface area (Å²) in [6.07, 6.45) is 8.77. The van der Waals surface area contributed by atoms with Gasteiger partial charge in [-0.05, 0) is 36.8 Å². The molecule has 1 atom stereocenters. The molecule has 0 saturated heterocycles. The van der Waals surface area contributed by atoms with Gasteiger partial charge >= 0.3 is 5.97 Å². The van der Waals surface area contributed by atoms with E-state index in [1.54, 1.807) is 24.3 Å². The molecule has 1 heterocycles. The van der Waals surface area contributed by atoms with Gasteiger partial charge in [-0.2, -0.15) is 0 Å². The Labute approximate surface area is 166 Å². The fourth-order valence-corrected chi connectivity index (χ4v) is 2.78. The third-order valence-electron chi connectivity index (χ3n) is 4.28. The average Bonchev–Trinajstić information content (AvgIpc) is 3.06. The SMILES string of the molecule is NC(Cc1ncc(C2=CCC=C(O)C=C2)o1)C(=O)N(N)c1ccccc1C(=O)O. The van der Waals surface area contributed by atoms with Crippen LogP contribution < -0.4 is 16.6 Å². The van der Waals surface area contributed by atoms with Crippen LogP contribution in [0, 0.1) is 0 Å². The first-order valence-electron chi connectivity index (χ1n) is 8.76. The number of para-hydroxylation sites is 1. The minimum Gasteiger partial charge on any atom is -0.508 e. The number of aromatic nitrogens is 1. The van der Waals surface area contributed by atoms with E-state index in [1.165, 1.54) is 24.4 Å². The van der Waals surface area contributed by atoms with E-state index in [9.17, 15) is 19.8 Å². The summed E-state index contributed by atoms with van der Waals surface area (Å²) in [6, 6.07) is 4.79. The molecule has 1 aromatic heterocycles. The third-order valence-corrected chi connectivity index (χ3v) is 4.28. The summed E-state index contributed by atoms with van der Waals surface area (Å²) in [6.45, 7) is 0. The fraction of sp³-hybridized carbons (Fsp3) is 0.150. The van der Waals surface area contributed by atoms with E-state index >= 15 is 0 Å². The number of carboxylic acids is 1. The van der Waals surface area contributed by atoms with E-state index in [-0.39, 0.29) is 29.3 Å². The number of carbonyl (C=O) groups is 2. The summed E-state index contributed by atoms with van der Waals surface area (Å²) >= 11 is 0. The minimum absolute atomic E-state index is 0.0255. The molecule has 29 heavy (non-hydrogen) atoms. The lowest BCUT2D eigenvalue weighted by atomic mass is 10.1. The molecule has 1 aliphatic rings. The quantitative estimate of drug-likeness (QED) is 0.328. The van der Waals surface area contributed by atoms with Gasteiger partial charge < -0.3 is 20.4 Å². The van der Waals surface area contributed by atoms with Crippen molar-refractivity contribution in [3.8, 4) is 0 Å². The molecule has 0 spiro atoms. The molecule has 1 amide bonds. The molecule has 2 aromatic rings. The van der Waals surface area contributed by atoms with Gasteiger partial charge in [0.05, 0.1) is 23.5 Å². The number of carboxylic acid groups (broad SMARTS) is 1. The second kappa shape index (κ2) is 8.55. The molecule has 0 aliphatic heterocycles. The van der Waals surface area contributed by atoms with E-state index in [4.69, 9.17) is 16.0 Å². The maximum absolute atomic E-state index is 12.6. The number of allylic oxidation sites excluding steroid dienone is 5. The highest BCUT2D eigenvalue weighted by molar-refractivity contribution is 6.02. The molecule has 9 nitrogen and oxygen atoms in total. The number of oxazole rings is 1. The lowest BCUT2D eigenvalue weighted by Gasteiger charge is -2.21. The highest BCUT2D eigenvalue weighted by Gasteiger charge is 2.25. The highest BCUT2D eigenvalue weighted by atomic mass is 16.4. The Kier molecular flexibility index (Phi) is 5.91. The highest BCUT2D eigenvalue weighted by Crippen LogP contribution is 2.22. The normalized spacial score (nSPS) is 14.6. The molecule has 0 radical (unpaired) electrons. The summed E-state index contributed by atoms with van der Waals surface area (Å²) in [5.41, 5.74) is 6.62. The number of nitrogens with two attached hydrogens (primary N) is 2. The van der Waals surface area contributed by atoms with Crippen molar-refractivity contribution in [2.75, 3.05) is 5.01 Å². The van der Waals surface area contributed by atoms with Gasteiger partial charge in [-0.25, -0.2) is 20.6 Å². The van der Waals surface area contributed by atoms with E-state index in [2.05, 4.69) is 4.98 Å². The summed E-state index contributed by atoms with van der Waals surface area (Å²) in [7, 11) is 0. The van der Waals surface area contributed by atoms with Gasteiger partial charge in [-0.15, -0.1) is 0 Å². The summed E-state index contributed by atoms with van der Waals surface area (Å²) in [4.78, 5) is 28.0.